The van der Waals surface area contributed by atoms with Crippen molar-refractivity contribution in [1.82, 2.24) is 9.97 Å². The number of H-pyrrole nitrogens is 1. The van der Waals surface area contributed by atoms with E-state index in [9.17, 15) is 14.4 Å². The highest BCUT2D eigenvalue weighted by Crippen LogP contribution is 2.27. The van der Waals surface area contributed by atoms with Gasteiger partial charge < -0.3 is 14.5 Å². The lowest BCUT2D eigenvalue weighted by Crippen LogP contribution is -2.14. The van der Waals surface area contributed by atoms with E-state index in [-0.39, 0.29) is 30.2 Å². The van der Waals surface area contributed by atoms with Gasteiger partial charge >= 0.3 is 5.97 Å². The molecule has 3 rings (SSSR count). The van der Waals surface area contributed by atoms with Crippen molar-refractivity contribution in [3.05, 3.63) is 56.4 Å². The molecule has 0 fully saturated rings. The Morgan fingerprint density at radius 3 is 2.72 bits per heavy atom. The first kappa shape index (κ1) is 20.7. The van der Waals surface area contributed by atoms with Crippen LogP contribution in [-0.2, 0) is 22.6 Å². The smallest absolute Gasteiger partial charge is 0.306 e. The van der Waals surface area contributed by atoms with Crippen LogP contribution in [0.2, 0.25) is 0 Å². The van der Waals surface area contributed by atoms with E-state index in [1.807, 2.05) is 31.2 Å². The number of hydrogen-bond donors (Lipinski definition) is 1. The van der Waals surface area contributed by atoms with Crippen molar-refractivity contribution >= 4 is 33.3 Å². The summed E-state index contributed by atoms with van der Waals surface area (Å²) in [6, 6.07) is 7.56. The van der Waals surface area contributed by atoms with E-state index in [1.165, 1.54) is 18.3 Å². The van der Waals surface area contributed by atoms with Crippen molar-refractivity contribution in [3.63, 3.8) is 0 Å². The van der Waals surface area contributed by atoms with Crippen molar-refractivity contribution in [2.24, 2.45) is 0 Å². The highest BCUT2D eigenvalue weighted by Gasteiger charge is 2.17. The average molecular weight is 414 g/mol. The zero-order valence-corrected chi connectivity index (χ0v) is 17.4. The van der Waals surface area contributed by atoms with Gasteiger partial charge in [0, 0.05) is 6.42 Å². The zero-order valence-electron chi connectivity index (χ0n) is 16.5. The number of para-hydroxylation sites is 1. The Hall–Kier alpha value is -3.00. The summed E-state index contributed by atoms with van der Waals surface area (Å²) in [6.07, 6.45) is 0.674. The van der Waals surface area contributed by atoms with Crippen molar-refractivity contribution in [1.29, 1.82) is 0 Å². The maximum Gasteiger partial charge on any atom is 0.306 e. The van der Waals surface area contributed by atoms with Gasteiger partial charge in [-0.05, 0) is 44.4 Å². The molecule has 0 amide bonds. The number of aryl methyl sites for hydroxylation is 2. The Kier molecular flexibility index (Phi) is 6.43. The normalized spacial score (nSPS) is 10.9. The summed E-state index contributed by atoms with van der Waals surface area (Å²) in [5.41, 5.74) is 1.22. The fourth-order valence-corrected chi connectivity index (χ4v) is 4.15. The van der Waals surface area contributed by atoms with Crippen LogP contribution in [0, 0.1) is 6.92 Å². The van der Waals surface area contributed by atoms with Crippen LogP contribution in [0.3, 0.4) is 0 Å². The first-order valence-electron chi connectivity index (χ1n) is 9.30. The lowest BCUT2D eigenvalue weighted by atomic mass is 10.1. The molecule has 2 aromatic heterocycles. The molecule has 1 N–H and O–H groups in total. The molecule has 0 atom stereocenters. The standard InChI is InChI=1S/C21H22N2O5S/c1-4-27-15-8-6-5-7-14(15)9-10-17(25)28-11-16-22-20(26)18-12(2)19(13(3)24)29-21(18)23-16/h5-8H,4,9-11H2,1-3H3,(H,22,23,26). The SMILES string of the molecule is CCOc1ccccc1CCC(=O)OCc1nc2sc(C(C)=O)c(C)c2c(=O)[nH]1. The van der Waals surface area contributed by atoms with Crippen molar-refractivity contribution in [2.75, 3.05) is 6.61 Å². The minimum atomic E-state index is -0.397. The lowest BCUT2D eigenvalue weighted by Gasteiger charge is -2.09. The average Bonchev–Trinajstić information content (AvgIpc) is 3.03. The molecule has 29 heavy (non-hydrogen) atoms. The number of Topliss-reactive ketones (excluding diaryl/α,β-unsaturated/α-hetero) is 1. The Balaban J connectivity index is 1.65. The second-order valence-electron chi connectivity index (χ2n) is 6.51. The minimum Gasteiger partial charge on any atom is -0.494 e. The molecular formula is C21H22N2O5S. The second-order valence-corrected chi connectivity index (χ2v) is 7.51. The molecular weight excluding hydrogens is 392 g/mol. The zero-order chi connectivity index (χ0) is 21.0. The molecule has 7 nitrogen and oxygen atoms in total. The fraction of sp³-hybridized carbons (Fsp3) is 0.333. The molecule has 0 bridgehead atoms. The van der Waals surface area contributed by atoms with E-state index in [4.69, 9.17) is 9.47 Å². The number of ether oxygens (including phenoxy) is 2. The lowest BCUT2D eigenvalue weighted by molar-refractivity contribution is -0.145. The van der Waals surface area contributed by atoms with Crippen LogP contribution in [0.25, 0.3) is 10.2 Å². The van der Waals surface area contributed by atoms with E-state index < -0.39 is 5.97 Å². The van der Waals surface area contributed by atoms with E-state index in [0.29, 0.717) is 33.7 Å². The fourth-order valence-electron chi connectivity index (χ4n) is 3.06. The predicted octanol–water partition coefficient (Wildman–Crippen LogP) is 3.57. The van der Waals surface area contributed by atoms with Gasteiger partial charge in [0.2, 0.25) is 0 Å². The number of carbonyl (C=O) groups excluding carboxylic acids is 2. The topological polar surface area (TPSA) is 98.3 Å². The number of rotatable bonds is 8. The maximum absolute atomic E-state index is 12.4. The van der Waals surface area contributed by atoms with E-state index >= 15 is 0 Å². The molecule has 0 spiro atoms. The number of fused-ring (bicyclic) bond motifs is 1. The predicted molar refractivity (Wildman–Crippen MR) is 111 cm³/mol. The molecule has 0 radical (unpaired) electrons. The van der Waals surface area contributed by atoms with Gasteiger partial charge in [-0.1, -0.05) is 18.2 Å². The number of nitrogens with one attached hydrogen (secondary N) is 1. The summed E-state index contributed by atoms with van der Waals surface area (Å²) >= 11 is 1.17. The molecule has 0 saturated heterocycles. The van der Waals surface area contributed by atoms with E-state index in [2.05, 4.69) is 9.97 Å². The molecule has 8 heteroatoms. The second kappa shape index (κ2) is 9.00. The van der Waals surface area contributed by atoms with Gasteiger partial charge in [0.1, 0.15) is 23.0 Å². The van der Waals surface area contributed by atoms with Crippen molar-refractivity contribution in [2.45, 2.75) is 40.2 Å². The third-order valence-corrected chi connectivity index (χ3v) is 5.70. The molecule has 3 aromatic rings. The van der Waals surface area contributed by atoms with Crippen LogP contribution in [0.4, 0.5) is 0 Å². The Labute approximate surface area is 171 Å². The molecule has 0 aliphatic rings. The van der Waals surface area contributed by atoms with Gasteiger partial charge in [-0.15, -0.1) is 11.3 Å². The monoisotopic (exact) mass is 414 g/mol. The van der Waals surface area contributed by atoms with Crippen LogP contribution in [-0.4, -0.2) is 28.3 Å². The minimum absolute atomic E-state index is 0.106. The largest absolute Gasteiger partial charge is 0.494 e. The number of nitrogens with zero attached hydrogens (tertiary/aromatic N) is 1. The van der Waals surface area contributed by atoms with Crippen LogP contribution in [0.15, 0.2) is 29.1 Å². The summed E-state index contributed by atoms with van der Waals surface area (Å²) in [6.45, 7) is 5.51. The number of aromatic nitrogens is 2. The summed E-state index contributed by atoms with van der Waals surface area (Å²) in [5.74, 6) is 0.506. The highest BCUT2D eigenvalue weighted by atomic mass is 32.1. The third-order valence-electron chi connectivity index (χ3n) is 4.41. The third kappa shape index (κ3) is 4.71. The van der Waals surface area contributed by atoms with Gasteiger partial charge in [-0.2, -0.15) is 0 Å². The van der Waals surface area contributed by atoms with Gasteiger partial charge in [0.05, 0.1) is 16.9 Å². The van der Waals surface area contributed by atoms with Gasteiger partial charge in [0.25, 0.3) is 5.56 Å². The number of hydrogen-bond acceptors (Lipinski definition) is 7. The van der Waals surface area contributed by atoms with Crippen LogP contribution < -0.4 is 10.3 Å². The first-order valence-corrected chi connectivity index (χ1v) is 10.1. The van der Waals surface area contributed by atoms with Crippen molar-refractivity contribution < 1.29 is 19.1 Å². The number of carbonyl (C=O) groups is 2. The van der Waals surface area contributed by atoms with Crippen molar-refractivity contribution in [3.8, 4) is 5.75 Å². The first-order chi connectivity index (χ1) is 13.9. The Morgan fingerprint density at radius 2 is 2.00 bits per heavy atom. The Morgan fingerprint density at radius 1 is 1.24 bits per heavy atom. The van der Waals surface area contributed by atoms with Gasteiger partial charge in [-0.25, -0.2) is 4.98 Å². The van der Waals surface area contributed by atoms with Gasteiger partial charge in [0.15, 0.2) is 5.78 Å². The molecule has 0 saturated carbocycles. The molecule has 0 aliphatic heterocycles. The van der Waals surface area contributed by atoms with E-state index in [0.717, 1.165) is 11.3 Å². The molecule has 0 aliphatic carbocycles. The molecule has 0 unspecified atom stereocenters. The maximum atomic E-state index is 12.4. The quantitative estimate of drug-likeness (QED) is 0.447. The van der Waals surface area contributed by atoms with Gasteiger partial charge in [-0.3, -0.25) is 14.4 Å². The van der Waals surface area contributed by atoms with E-state index in [1.54, 1.807) is 6.92 Å². The molecule has 152 valence electrons. The molecule has 2 heterocycles. The summed E-state index contributed by atoms with van der Waals surface area (Å²) < 4.78 is 10.8. The van der Waals surface area contributed by atoms with Crippen LogP contribution in [0.1, 0.15) is 46.9 Å². The van der Waals surface area contributed by atoms with Crippen LogP contribution in [0.5, 0.6) is 5.75 Å². The number of ketones is 1. The number of benzene rings is 1. The highest BCUT2D eigenvalue weighted by molar-refractivity contribution is 7.20. The number of thiophene rings is 1. The summed E-state index contributed by atoms with van der Waals surface area (Å²) in [4.78, 5) is 44.1. The number of esters is 1. The van der Waals surface area contributed by atoms with Crippen LogP contribution >= 0.6 is 11.3 Å². The molecule has 1 aromatic carbocycles. The summed E-state index contributed by atoms with van der Waals surface area (Å²) in [7, 11) is 0. The summed E-state index contributed by atoms with van der Waals surface area (Å²) in [5, 5.41) is 0.405. The Bertz CT molecular complexity index is 1120. The number of aromatic amines is 1.